The van der Waals surface area contributed by atoms with Gasteiger partial charge in [0.25, 0.3) is 0 Å². The molecule has 7 aromatic rings. The first kappa shape index (κ1) is 26.5. The molecule has 0 unspecified atom stereocenters. The van der Waals surface area contributed by atoms with Gasteiger partial charge in [0.15, 0.2) is 5.82 Å². The first-order chi connectivity index (χ1) is 22.8. The van der Waals surface area contributed by atoms with Gasteiger partial charge >= 0.3 is 0 Å². The molecule has 0 N–H and O–H groups in total. The molecule has 3 heteroatoms. The predicted octanol–water partition coefficient (Wildman–Crippen LogP) is 10.9. The molecule has 3 nitrogen and oxygen atoms in total. The maximum atomic E-state index is 5.29. The van der Waals surface area contributed by atoms with E-state index in [1.54, 1.807) is 6.20 Å². The lowest BCUT2D eigenvalue weighted by Gasteiger charge is -2.14. The molecule has 0 aliphatic heterocycles. The summed E-state index contributed by atoms with van der Waals surface area (Å²) in [6.07, 6.45) is 10.5. The number of hydrogen-bond donors (Lipinski definition) is 0. The van der Waals surface area contributed by atoms with Crippen LogP contribution < -0.4 is 0 Å². The summed E-state index contributed by atoms with van der Waals surface area (Å²) < 4.78 is 0. The molecule has 0 fully saturated rings. The van der Waals surface area contributed by atoms with Gasteiger partial charge in [-0.1, -0.05) is 109 Å². The molecular formula is C43H29N3. The van der Waals surface area contributed by atoms with Crippen LogP contribution in [0.5, 0.6) is 0 Å². The first-order valence-corrected chi connectivity index (χ1v) is 15.8. The van der Waals surface area contributed by atoms with E-state index >= 15 is 0 Å². The molecule has 2 aliphatic rings. The van der Waals surface area contributed by atoms with Crippen molar-refractivity contribution in [2.24, 2.45) is 0 Å². The van der Waals surface area contributed by atoms with Crippen LogP contribution in [0.15, 0.2) is 152 Å². The van der Waals surface area contributed by atoms with Crippen molar-refractivity contribution in [2.45, 2.75) is 12.8 Å². The van der Waals surface area contributed by atoms with Gasteiger partial charge in [-0.15, -0.1) is 0 Å². The molecule has 5 aromatic carbocycles. The average Bonchev–Trinajstić information content (AvgIpc) is 3.47. The number of fused-ring (bicyclic) bond motifs is 2. The summed E-state index contributed by atoms with van der Waals surface area (Å²) in [6.45, 7) is 0. The van der Waals surface area contributed by atoms with E-state index in [0.29, 0.717) is 0 Å². The summed E-state index contributed by atoms with van der Waals surface area (Å²) in [5.74, 6) is 0.730. The van der Waals surface area contributed by atoms with Crippen molar-refractivity contribution in [3.05, 3.63) is 163 Å². The minimum Gasteiger partial charge on any atom is -0.264 e. The third-order valence-electron chi connectivity index (χ3n) is 9.21. The van der Waals surface area contributed by atoms with Crippen LogP contribution in [0.1, 0.15) is 24.0 Å². The van der Waals surface area contributed by atoms with Crippen molar-refractivity contribution in [3.63, 3.8) is 0 Å². The Labute approximate surface area is 268 Å². The Balaban J connectivity index is 1.25. The highest BCUT2D eigenvalue weighted by Gasteiger charge is 2.25. The second-order valence-corrected chi connectivity index (χ2v) is 12.0. The van der Waals surface area contributed by atoms with Gasteiger partial charge in [-0.3, -0.25) is 4.98 Å². The molecule has 0 radical (unpaired) electrons. The van der Waals surface area contributed by atoms with Crippen molar-refractivity contribution >= 4 is 21.9 Å². The number of aromatic nitrogens is 3. The summed E-state index contributed by atoms with van der Waals surface area (Å²) >= 11 is 0. The molecule has 0 bridgehead atoms. The Morgan fingerprint density at radius 1 is 0.500 bits per heavy atom. The Morgan fingerprint density at radius 3 is 1.93 bits per heavy atom. The number of nitrogens with zero attached hydrogens (tertiary/aromatic N) is 3. The van der Waals surface area contributed by atoms with Gasteiger partial charge in [0.2, 0.25) is 0 Å². The van der Waals surface area contributed by atoms with Crippen LogP contribution in [-0.2, 0) is 0 Å². The number of benzene rings is 5. The second-order valence-electron chi connectivity index (χ2n) is 12.0. The second kappa shape index (κ2) is 10.9. The van der Waals surface area contributed by atoms with Crippen LogP contribution in [0.2, 0.25) is 0 Å². The Kier molecular flexibility index (Phi) is 6.27. The number of hydrogen-bond acceptors (Lipinski definition) is 3. The van der Waals surface area contributed by atoms with Crippen LogP contribution in [-0.4, -0.2) is 15.0 Å². The zero-order valence-electron chi connectivity index (χ0n) is 25.2. The monoisotopic (exact) mass is 587 g/mol. The highest BCUT2D eigenvalue weighted by atomic mass is 14.9. The molecule has 0 saturated carbocycles. The zero-order valence-corrected chi connectivity index (χ0v) is 25.2. The molecule has 2 heterocycles. The minimum atomic E-state index is 0.730. The first-order valence-electron chi connectivity index (χ1n) is 15.8. The van der Waals surface area contributed by atoms with Crippen molar-refractivity contribution < 1.29 is 0 Å². The molecular weight excluding hydrogens is 558 g/mol. The predicted molar refractivity (Wildman–Crippen MR) is 190 cm³/mol. The highest BCUT2D eigenvalue weighted by molar-refractivity contribution is 6.18. The van der Waals surface area contributed by atoms with E-state index in [1.807, 2.05) is 12.3 Å². The van der Waals surface area contributed by atoms with E-state index in [2.05, 4.69) is 138 Å². The molecule has 2 aliphatic carbocycles. The molecule has 216 valence electrons. The lowest BCUT2D eigenvalue weighted by molar-refractivity contribution is 1.06. The van der Waals surface area contributed by atoms with E-state index < -0.39 is 0 Å². The van der Waals surface area contributed by atoms with Crippen molar-refractivity contribution in [1.29, 1.82) is 0 Å². The molecule has 9 rings (SSSR count). The Hall–Kier alpha value is -5.93. The zero-order chi connectivity index (χ0) is 30.5. The summed E-state index contributed by atoms with van der Waals surface area (Å²) in [4.78, 5) is 14.9. The van der Waals surface area contributed by atoms with E-state index in [0.717, 1.165) is 63.4 Å². The van der Waals surface area contributed by atoms with Crippen LogP contribution in [0.25, 0.3) is 78.1 Å². The SMILES string of the molecule is C1=CC2=C(CC1)c1ccc(-c3nc(-c4cccc(-c5ccccc5)c4)cc(-c4cccc(-c5cccnc5)c4)n3)c3cccc2c13. The molecule has 46 heavy (non-hydrogen) atoms. The van der Waals surface area contributed by atoms with Gasteiger partial charge in [0, 0.05) is 34.6 Å². The molecule has 0 atom stereocenters. The Bertz CT molecular complexity index is 2250. The third kappa shape index (κ3) is 4.48. The van der Waals surface area contributed by atoms with Crippen LogP contribution in [0, 0.1) is 0 Å². The number of pyridine rings is 1. The summed E-state index contributed by atoms with van der Waals surface area (Å²) in [7, 11) is 0. The van der Waals surface area contributed by atoms with E-state index in [4.69, 9.17) is 9.97 Å². The fourth-order valence-electron chi connectivity index (χ4n) is 7.02. The van der Waals surface area contributed by atoms with Gasteiger partial charge in [-0.2, -0.15) is 0 Å². The van der Waals surface area contributed by atoms with Crippen LogP contribution in [0.3, 0.4) is 0 Å². The van der Waals surface area contributed by atoms with Crippen LogP contribution >= 0.6 is 0 Å². The minimum absolute atomic E-state index is 0.730. The normalized spacial score (nSPS) is 13.3. The molecule has 2 aromatic heterocycles. The highest BCUT2D eigenvalue weighted by Crippen LogP contribution is 2.48. The topological polar surface area (TPSA) is 38.7 Å². The summed E-state index contributed by atoms with van der Waals surface area (Å²) in [6, 6.07) is 45.1. The maximum Gasteiger partial charge on any atom is 0.161 e. The van der Waals surface area contributed by atoms with E-state index in [1.165, 1.54) is 38.6 Å². The largest absolute Gasteiger partial charge is 0.264 e. The smallest absolute Gasteiger partial charge is 0.161 e. The summed E-state index contributed by atoms with van der Waals surface area (Å²) in [5.41, 5.74) is 14.9. The standard InChI is InChI=1S/C43H29N3/c1-2-10-28(11-3-1)29-12-6-14-31(24-29)40-26-41(32-15-7-13-30(25-32)33-16-9-23-44-27-33)46-43(45-40)39-22-21-38-35-18-5-4-17-34(35)36-19-8-20-37(39)42(36)38/h1-4,6-17,19-27H,5,18H2. The number of allylic oxidation sites excluding steroid dienone is 4. The van der Waals surface area contributed by atoms with E-state index in [9.17, 15) is 0 Å². The Morgan fingerprint density at radius 2 is 1.17 bits per heavy atom. The van der Waals surface area contributed by atoms with Gasteiger partial charge < -0.3 is 0 Å². The van der Waals surface area contributed by atoms with Gasteiger partial charge in [-0.25, -0.2) is 9.97 Å². The van der Waals surface area contributed by atoms with Gasteiger partial charge in [-0.05, 0) is 92.9 Å². The fraction of sp³-hybridized carbons (Fsp3) is 0.0465. The molecule has 0 saturated heterocycles. The third-order valence-corrected chi connectivity index (χ3v) is 9.21. The molecule has 0 amide bonds. The van der Waals surface area contributed by atoms with Crippen molar-refractivity contribution in [3.8, 4) is 56.2 Å². The van der Waals surface area contributed by atoms with Crippen LogP contribution in [0.4, 0.5) is 0 Å². The lowest BCUT2D eigenvalue weighted by atomic mass is 9.94. The average molecular weight is 588 g/mol. The van der Waals surface area contributed by atoms with Gasteiger partial charge in [0.1, 0.15) is 0 Å². The summed E-state index contributed by atoms with van der Waals surface area (Å²) in [5, 5.41) is 2.51. The van der Waals surface area contributed by atoms with Gasteiger partial charge in [0.05, 0.1) is 11.4 Å². The number of rotatable bonds is 5. The van der Waals surface area contributed by atoms with E-state index in [-0.39, 0.29) is 0 Å². The lowest BCUT2D eigenvalue weighted by Crippen LogP contribution is -1.97. The molecule has 0 spiro atoms. The maximum absolute atomic E-state index is 5.29. The fourth-order valence-corrected chi connectivity index (χ4v) is 7.02. The van der Waals surface area contributed by atoms with Crippen molar-refractivity contribution in [2.75, 3.05) is 0 Å². The quantitative estimate of drug-likeness (QED) is 0.201. The van der Waals surface area contributed by atoms with Crippen molar-refractivity contribution in [1.82, 2.24) is 15.0 Å².